The number of epoxide rings is 1. The van der Waals surface area contributed by atoms with Crippen LogP contribution in [0.1, 0.15) is 24.8 Å². The van der Waals surface area contributed by atoms with Gasteiger partial charge in [-0.25, -0.2) is 0 Å². The summed E-state index contributed by atoms with van der Waals surface area (Å²) in [6.45, 7) is 0.953. The molecule has 0 saturated carbocycles. The Morgan fingerprint density at radius 1 is 0.865 bits per heavy atom. The van der Waals surface area contributed by atoms with Crippen LogP contribution in [-0.4, -0.2) is 49.1 Å². The molecule has 8 nitrogen and oxygen atoms in total. The maximum atomic E-state index is 13.1. The van der Waals surface area contributed by atoms with Crippen LogP contribution in [0.15, 0.2) is 72.8 Å². The van der Waals surface area contributed by atoms with Crippen molar-refractivity contribution in [3.05, 3.63) is 78.4 Å². The molecule has 0 bridgehead atoms. The monoisotopic (exact) mass is 524 g/mol. The predicted octanol–water partition coefficient (Wildman–Crippen LogP) is 2.94. The minimum Gasteiger partial charge on any atom is -0.353 e. The topological polar surface area (TPSA) is 126 Å². The Morgan fingerprint density at radius 3 is 2.35 bits per heavy atom. The largest absolute Gasteiger partial charge is 0.353 e. The molecule has 3 amide bonds. The first kappa shape index (κ1) is 28.1. The Hall–Kier alpha value is -3.46. The number of hydrogen-bond acceptors (Lipinski definition) is 5. The van der Waals surface area contributed by atoms with Crippen molar-refractivity contribution in [1.29, 1.82) is 0 Å². The maximum Gasteiger partial charge on any atom is 0.253 e. The second-order valence-corrected chi connectivity index (χ2v) is 8.87. The average molecular weight is 525 g/mol. The summed E-state index contributed by atoms with van der Waals surface area (Å²) in [5.41, 5.74) is 7.40. The second kappa shape index (κ2) is 13.7. The summed E-state index contributed by atoms with van der Waals surface area (Å²) < 4.78 is 5.35. The van der Waals surface area contributed by atoms with E-state index >= 15 is 0 Å². The lowest BCUT2D eigenvalue weighted by atomic mass is 10.1. The summed E-state index contributed by atoms with van der Waals surface area (Å²) in [6.07, 6.45) is 0.795. The molecule has 0 aliphatic carbocycles. The highest BCUT2D eigenvalue weighted by Crippen LogP contribution is 2.25. The number of unbranched alkanes of at least 4 members (excludes halogenated alkanes) is 1. The van der Waals surface area contributed by atoms with Crippen LogP contribution < -0.4 is 21.7 Å². The molecule has 3 aromatic carbocycles. The third-order valence-corrected chi connectivity index (χ3v) is 6.19. The Bertz CT molecular complexity index is 1200. The van der Waals surface area contributed by atoms with E-state index in [1.807, 2.05) is 72.8 Å². The maximum absolute atomic E-state index is 13.1. The van der Waals surface area contributed by atoms with Crippen LogP contribution in [0, 0.1) is 0 Å². The number of fused-ring (bicyclic) bond motifs is 1. The molecule has 0 aromatic heterocycles. The molecule has 0 radical (unpaired) electrons. The minimum atomic E-state index is -0.899. The molecule has 1 saturated heterocycles. The Balaban J connectivity index is 0.00000380. The molecular weight excluding hydrogens is 492 g/mol. The number of hydrogen-bond donors (Lipinski definition) is 4. The Labute approximate surface area is 222 Å². The minimum absolute atomic E-state index is 0. The van der Waals surface area contributed by atoms with Crippen LogP contribution in [0.25, 0.3) is 10.8 Å². The summed E-state index contributed by atoms with van der Waals surface area (Å²) in [6, 6.07) is 22.5. The van der Waals surface area contributed by atoms with Crippen molar-refractivity contribution in [3.63, 3.8) is 0 Å². The SMILES string of the molecule is Cl.NCCCC[C@H](NC(=O)[C@H]1O[C@@H]1C(=O)NCCc1ccccc1)C(=O)Nc1cccc2ccccc12. The Kier molecular flexibility index (Phi) is 10.4. The lowest BCUT2D eigenvalue weighted by Gasteiger charge is -2.19. The number of ether oxygens (including phenoxy) is 1. The van der Waals surface area contributed by atoms with Gasteiger partial charge < -0.3 is 26.4 Å². The molecule has 5 N–H and O–H groups in total. The molecule has 3 atom stereocenters. The van der Waals surface area contributed by atoms with Crippen LogP contribution in [0.2, 0.25) is 0 Å². The first-order valence-electron chi connectivity index (χ1n) is 12.3. The highest BCUT2D eigenvalue weighted by atomic mass is 35.5. The molecule has 1 fully saturated rings. The van der Waals surface area contributed by atoms with Crippen LogP contribution in [0.5, 0.6) is 0 Å². The van der Waals surface area contributed by atoms with E-state index in [1.54, 1.807) is 0 Å². The zero-order chi connectivity index (χ0) is 25.3. The van der Waals surface area contributed by atoms with Gasteiger partial charge >= 0.3 is 0 Å². The number of amides is 3. The van der Waals surface area contributed by atoms with Crippen molar-refractivity contribution in [2.75, 3.05) is 18.4 Å². The lowest BCUT2D eigenvalue weighted by Crippen LogP contribution is -2.46. The number of rotatable bonds is 12. The van der Waals surface area contributed by atoms with E-state index in [0.717, 1.165) is 22.8 Å². The zero-order valence-corrected chi connectivity index (χ0v) is 21.3. The van der Waals surface area contributed by atoms with Crippen molar-refractivity contribution >= 4 is 46.6 Å². The van der Waals surface area contributed by atoms with E-state index in [2.05, 4.69) is 16.0 Å². The summed E-state index contributed by atoms with van der Waals surface area (Å²) in [7, 11) is 0. The summed E-state index contributed by atoms with van der Waals surface area (Å²) >= 11 is 0. The van der Waals surface area contributed by atoms with E-state index in [0.29, 0.717) is 38.0 Å². The summed E-state index contributed by atoms with van der Waals surface area (Å²) in [5, 5.41) is 10.5. The fourth-order valence-electron chi connectivity index (χ4n) is 4.16. The molecule has 1 heterocycles. The molecule has 1 aliphatic rings. The number of carbonyl (C=O) groups excluding carboxylic acids is 3. The smallest absolute Gasteiger partial charge is 0.253 e. The highest BCUT2D eigenvalue weighted by Gasteiger charge is 2.50. The zero-order valence-electron chi connectivity index (χ0n) is 20.5. The van der Waals surface area contributed by atoms with Crippen molar-refractivity contribution < 1.29 is 19.1 Å². The van der Waals surface area contributed by atoms with Gasteiger partial charge in [0.2, 0.25) is 5.91 Å². The predicted molar refractivity (Wildman–Crippen MR) is 146 cm³/mol. The van der Waals surface area contributed by atoms with Crippen LogP contribution in [0.4, 0.5) is 5.69 Å². The van der Waals surface area contributed by atoms with E-state index in [1.165, 1.54) is 0 Å². The van der Waals surface area contributed by atoms with Crippen molar-refractivity contribution in [3.8, 4) is 0 Å². The van der Waals surface area contributed by atoms with Crippen molar-refractivity contribution in [1.82, 2.24) is 10.6 Å². The molecular formula is C28H33ClN4O4. The third-order valence-electron chi connectivity index (χ3n) is 6.19. The third kappa shape index (κ3) is 7.76. The van der Waals surface area contributed by atoms with E-state index in [9.17, 15) is 14.4 Å². The number of nitrogens with two attached hydrogens (primary N) is 1. The summed E-state index contributed by atoms with van der Waals surface area (Å²) in [5.74, 6) is -1.11. The number of halogens is 1. The van der Waals surface area contributed by atoms with Gasteiger partial charge in [-0.05, 0) is 49.2 Å². The molecule has 3 aromatic rings. The van der Waals surface area contributed by atoms with Gasteiger partial charge in [-0.3, -0.25) is 14.4 Å². The fraction of sp³-hybridized carbons (Fsp3) is 0.321. The molecule has 9 heteroatoms. The van der Waals surface area contributed by atoms with Gasteiger partial charge in [-0.15, -0.1) is 12.4 Å². The van der Waals surface area contributed by atoms with E-state index in [4.69, 9.17) is 10.5 Å². The number of carbonyl (C=O) groups is 3. The Morgan fingerprint density at radius 2 is 1.57 bits per heavy atom. The van der Waals surface area contributed by atoms with Crippen molar-refractivity contribution in [2.45, 2.75) is 43.9 Å². The van der Waals surface area contributed by atoms with Gasteiger partial charge in [0.05, 0.1) is 0 Å². The van der Waals surface area contributed by atoms with Gasteiger partial charge in [0.25, 0.3) is 11.8 Å². The normalized spacial score (nSPS) is 16.8. The highest BCUT2D eigenvalue weighted by molar-refractivity contribution is 6.05. The van der Waals surface area contributed by atoms with E-state index < -0.39 is 24.2 Å². The van der Waals surface area contributed by atoms with Gasteiger partial charge in [0, 0.05) is 17.6 Å². The van der Waals surface area contributed by atoms with Gasteiger partial charge in [0.15, 0.2) is 12.2 Å². The molecule has 1 aliphatic heterocycles. The molecule has 0 unspecified atom stereocenters. The molecule has 37 heavy (non-hydrogen) atoms. The van der Waals surface area contributed by atoms with Crippen LogP contribution >= 0.6 is 12.4 Å². The quantitative estimate of drug-likeness (QED) is 0.214. The van der Waals surface area contributed by atoms with E-state index in [-0.39, 0.29) is 24.2 Å². The standard InChI is InChI=1S/C28H32N4O4.ClH/c29-17-7-6-14-23(26(33)31-22-15-8-12-20-11-4-5-13-21(20)22)32-28(35)25-24(36-25)27(34)30-18-16-19-9-2-1-3-10-19;/h1-5,8-13,15,23-25H,6-7,14,16-18,29H2,(H,30,34)(H,31,33)(H,32,35);1H/t23-,24-,25-;/m0./s1. The fourth-order valence-corrected chi connectivity index (χ4v) is 4.16. The number of nitrogens with one attached hydrogen (secondary N) is 3. The molecule has 0 spiro atoms. The summed E-state index contributed by atoms with van der Waals surface area (Å²) in [4.78, 5) is 38.3. The number of benzene rings is 3. The average Bonchev–Trinajstić information content (AvgIpc) is 3.70. The first-order valence-corrected chi connectivity index (χ1v) is 12.3. The lowest BCUT2D eigenvalue weighted by molar-refractivity contribution is -0.127. The van der Waals surface area contributed by atoms with Crippen LogP contribution in [-0.2, 0) is 25.5 Å². The van der Waals surface area contributed by atoms with Gasteiger partial charge in [0.1, 0.15) is 6.04 Å². The number of anilines is 1. The van der Waals surface area contributed by atoms with Crippen LogP contribution in [0.3, 0.4) is 0 Å². The first-order chi connectivity index (χ1) is 17.6. The van der Waals surface area contributed by atoms with Gasteiger partial charge in [-0.2, -0.15) is 0 Å². The second-order valence-electron chi connectivity index (χ2n) is 8.87. The van der Waals surface area contributed by atoms with Crippen molar-refractivity contribution in [2.24, 2.45) is 5.73 Å². The molecule has 4 rings (SSSR count). The molecule has 196 valence electrons. The van der Waals surface area contributed by atoms with Gasteiger partial charge in [-0.1, -0.05) is 66.7 Å².